The first kappa shape index (κ1) is 12.6. The van der Waals surface area contributed by atoms with Gasteiger partial charge < -0.3 is 5.11 Å². The molecule has 0 aromatic heterocycles. The summed E-state index contributed by atoms with van der Waals surface area (Å²) >= 11 is 1.70. The van der Waals surface area contributed by atoms with Crippen molar-refractivity contribution in [1.82, 2.24) is 0 Å². The molecule has 1 aliphatic carbocycles. The molecule has 1 fully saturated rings. The number of ketones is 1. The summed E-state index contributed by atoms with van der Waals surface area (Å²) in [7, 11) is 0. The Morgan fingerprint density at radius 3 is 2.80 bits per heavy atom. The molecule has 0 heterocycles. The summed E-state index contributed by atoms with van der Waals surface area (Å²) in [4.78, 5) is 23.0. The van der Waals surface area contributed by atoms with E-state index in [9.17, 15) is 14.7 Å². The molecule has 0 radical (unpaired) electrons. The number of hydrogen-bond donors (Lipinski definition) is 1. The molecule has 1 atom stereocenters. The first-order valence-electron chi connectivity index (χ1n) is 5.39. The Labute approximate surface area is 94.6 Å². The number of hydrogen-bond acceptors (Lipinski definition) is 3. The number of carbonyl (C=O) groups excluding carboxylic acids is 1. The van der Waals surface area contributed by atoms with Gasteiger partial charge in [-0.3, -0.25) is 9.59 Å². The van der Waals surface area contributed by atoms with Gasteiger partial charge in [-0.15, -0.1) is 0 Å². The predicted molar refractivity (Wildman–Crippen MR) is 61.2 cm³/mol. The lowest BCUT2D eigenvalue weighted by Crippen LogP contribution is -2.41. The van der Waals surface area contributed by atoms with Gasteiger partial charge in [0.25, 0.3) is 0 Å². The fourth-order valence-electron chi connectivity index (χ4n) is 2.21. The van der Waals surface area contributed by atoms with Crippen molar-refractivity contribution in [3.63, 3.8) is 0 Å². The standard InChI is InChI=1S/C11H18O3S/c1-15-8-4-7-11(10(13)14)6-3-2-5-9(11)12/h2-8H2,1H3,(H,13,14). The van der Waals surface area contributed by atoms with Crippen molar-refractivity contribution in [2.75, 3.05) is 12.0 Å². The highest BCUT2D eigenvalue weighted by molar-refractivity contribution is 7.98. The average molecular weight is 230 g/mol. The van der Waals surface area contributed by atoms with Crippen LogP contribution < -0.4 is 0 Å². The summed E-state index contributed by atoms with van der Waals surface area (Å²) in [5.41, 5.74) is -1.05. The van der Waals surface area contributed by atoms with Crippen LogP contribution in [0.25, 0.3) is 0 Å². The van der Waals surface area contributed by atoms with Crippen LogP contribution in [-0.4, -0.2) is 28.9 Å². The number of rotatable bonds is 5. The van der Waals surface area contributed by atoms with Gasteiger partial charge in [0.1, 0.15) is 11.2 Å². The van der Waals surface area contributed by atoms with Crippen molar-refractivity contribution < 1.29 is 14.7 Å². The highest BCUT2D eigenvalue weighted by atomic mass is 32.2. The molecule has 0 bridgehead atoms. The van der Waals surface area contributed by atoms with Gasteiger partial charge in [0.15, 0.2) is 0 Å². The van der Waals surface area contributed by atoms with Crippen molar-refractivity contribution in [2.45, 2.75) is 38.5 Å². The van der Waals surface area contributed by atoms with Crippen LogP contribution in [0.5, 0.6) is 0 Å². The van der Waals surface area contributed by atoms with E-state index in [0.717, 1.165) is 25.0 Å². The molecule has 1 rings (SSSR count). The lowest BCUT2D eigenvalue weighted by Gasteiger charge is -2.31. The average Bonchev–Trinajstić information content (AvgIpc) is 2.21. The zero-order chi connectivity index (χ0) is 11.3. The van der Waals surface area contributed by atoms with Gasteiger partial charge in [0, 0.05) is 6.42 Å². The van der Waals surface area contributed by atoms with Gasteiger partial charge in [0.05, 0.1) is 0 Å². The molecule has 4 heteroatoms. The van der Waals surface area contributed by atoms with Crippen molar-refractivity contribution in [3.05, 3.63) is 0 Å². The second-order valence-corrected chi connectivity index (χ2v) is 5.10. The molecule has 86 valence electrons. The molecule has 0 aliphatic heterocycles. The molecule has 0 saturated heterocycles. The molecule has 15 heavy (non-hydrogen) atoms. The summed E-state index contributed by atoms with van der Waals surface area (Å²) in [6, 6.07) is 0. The van der Waals surface area contributed by atoms with Crippen molar-refractivity contribution in [2.24, 2.45) is 5.41 Å². The van der Waals surface area contributed by atoms with E-state index < -0.39 is 11.4 Å². The summed E-state index contributed by atoms with van der Waals surface area (Å²) in [6.45, 7) is 0. The topological polar surface area (TPSA) is 54.4 Å². The highest BCUT2D eigenvalue weighted by Gasteiger charge is 2.45. The zero-order valence-electron chi connectivity index (χ0n) is 9.12. The summed E-state index contributed by atoms with van der Waals surface area (Å²) in [5, 5.41) is 9.23. The molecular weight excluding hydrogens is 212 g/mol. The zero-order valence-corrected chi connectivity index (χ0v) is 9.94. The largest absolute Gasteiger partial charge is 0.480 e. The third-order valence-electron chi connectivity index (χ3n) is 3.15. The Hall–Kier alpha value is -0.510. The van der Waals surface area contributed by atoms with Gasteiger partial charge in [-0.1, -0.05) is 6.42 Å². The van der Waals surface area contributed by atoms with Crippen LogP contribution in [0.3, 0.4) is 0 Å². The summed E-state index contributed by atoms with van der Waals surface area (Å²) in [5.74, 6) is -0.0295. The maximum Gasteiger partial charge on any atom is 0.317 e. The maximum atomic E-state index is 11.8. The molecule has 3 nitrogen and oxygen atoms in total. The Bertz CT molecular complexity index is 252. The van der Waals surface area contributed by atoms with Crippen LogP contribution in [-0.2, 0) is 9.59 Å². The number of thioether (sulfide) groups is 1. The van der Waals surface area contributed by atoms with Crippen LogP contribution >= 0.6 is 11.8 Å². The predicted octanol–water partition coefficient (Wildman–Crippen LogP) is 2.34. The Balaban J connectivity index is 2.68. The van der Waals surface area contributed by atoms with Gasteiger partial charge in [-0.2, -0.15) is 11.8 Å². The minimum atomic E-state index is -1.05. The Morgan fingerprint density at radius 1 is 1.53 bits per heavy atom. The van der Waals surface area contributed by atoms with Crippen LogP contribution in [0.1, 0.15) is 38.5 Å². The maximum absolute atomic E-state index is 11.8. The van der Waals surface area contributed by atoms with E-state index in [-0.39, 0.29) is 5.78 Å². The van der Waals surface area contributed by atoms with Crippen LogP contribution in [0.2, 0.25) is 0 Å². The van der Waals surface area contributed by atoms with E-state index in [2.05, 4.69) is 0 Å². The van der Waals surface area contributed by atoms with E-state index in [1.807, 2.05) is 6.26 Å². The first-order valence-corrected chi connectivity index (χ1v) is 6.78. The molecule has 0 aromatic carbocycles. The van der Waals surface area contributed by atoms with Crippen LogP contribution in [0.4, 0.5) is 0 Å². The monoisotopic (exact) mass is 230 g/mol. The van der Waals surface area contributed by atoms with E-state index in [1.165, 1.54) is 0 Å². The first-order chi connectivity index (χ1) is 7.13. The number of carboxylic acid groups (broad SMARTS) is 1. The third kappa shape index (κ3) is 2.74. The lowest BCUT2D eigenvalue weighted by atomic mass is 9.70. The third-order valence-corrected chi connectivity index (χ3v) is 3.85. The van der Waals surface area contributed by atoms with Crippen LogP contribution in [0, 0.1) is 5.41 Å². The smallest absolute Gasteiger partial charge is 0.317 e. The molecule has 0 aromatic rings. The molecule has 1 N–H and O–H groups in total. The van der Waals surface area contributed by atoms with Gasteiger partial charge in [-0.05, 0) is 37.7 Å². The second-order valence-electron chi connectivity index (χ2n) is 4.11. The highest BCUT2D eigenvalue weighted by Crippen LogP contribution is 2.38. The molecule has 0 amide bonds. The molecular formula is C11H18O3S. The SMILES string of the molecule is CSCCCC1(C(=O)O)CCCCC1=O. The van der Waals surface area contributed by atoms with Crippen LogP contribution in [0.15, 0.2) is 0 Å². The van der Waals surface area contributed by atoms with Crippen molar-refractivity contribution in [1.29, 1.82) is 0 Å². The fourth-order valence-corrected chi connectivity index (χ4v) is 2.64. The van der Waals surface area contributed by atoms with E-state index in [0.29, 0.717) is 19.3 Å². The number of Topliss-reactive ketones (excluding diaryl/α,β-unsaturated/α-hetero) is 1. The number of carboxylic acids is 1. The van der Waals surface area contributed by atoms with Gasteiger partial charge in [0.2, 0.25) is 0 Å². The van der Waals surface area contributed by atoms with E-state index in [4.69, 9.17) is 0 Å². The molecule has 0 spiro atoms. The normalized spacial score (nSPS) is 26.6. The quantitative estimate of drug-likeness (QED) is 0.582. The fraction of sp³-hybridized carbons (Fsp3) is 0.818. The minimum Gasteiger partial charge on any atom is -0.480 e. The molecule has 1 saturated carbocycles. The van der Waals surface area contributed by atoms with E-state index in [1.54, 1.807) is 11.8 Å². The second kappa shape index (κ2) is 5.54. The minimum absolute atomic E-state index is 0.0534. The summed E-state index contributed by atoms with van der Waals surface area (Å²) in [6.07, 6.45) is 6.05. The van der Waals surface area contributed by atoms with E-state index >= 15 is 0 Å². The Morgan fingerprint density at radius 2 is 2.27 bits per heavy atom. The van der Waals surface area contributed by atoms with Gasteiger partial charge >= 0.3 is 5.97 Å². The van der Waals surface area contributed by atoms with Gasteiger partial charge in [-0.25, -0.2) is 0 Å². The van der Waals surface area contributed by atoms with Crippen molar-refractivity contribution in [3.8, 4) is 0 Å². The molecule has 1 aliphatic rings. The number of aliphatic carboxylic acids is 1. The lowest BCUT2D eigenvalue weighted by molar-refractivity contribution is -0.157. The Kier molecular flexibility index (Phi) is 4.64. The summed E-state index contributed by atoms with van der Waals surface area (Å²) < 4.78 is 0. The molecule has 1 unspecified atom stereocenters. The van der Waals surface area contributed by atoms with Crippen molar-refractivity contribution >= 4 is 23.5 Å². The number of carbonyl (C=O) groups is 2.